The maximum absolute atomic E-state index is 12.8. The van der Waals surface area contributed by atoms with E-state index in [2.05, 4.69) is 35.2 Å². The Morgan fingerprint density at radius 3 is 2.52 bits per heavy atom. The van der Waals surface area contributed by atoms with Gasteiger partial charge in [0.05, 0.1) is 12.1 Å². The van der Waals surface area contributed by atoms with Crippen LogP contribution in [0.2, 0.25) is 0 Å². The number of nitrogens with zero attached hydrogens (tertiary/aromatic N) is 1. The number of hydrogen-bond donors (Lipinski definition) is 0. The molecule has 2 aliphatic carbocycles. The second-order valence-corrected chi connectivity index (χ2v) is 7.52. The second-order valence-electron chi connectivity index (χ2n) is 7.52. The smallest absolute Gasteiger partial charge is 0.226 e. The lowest BCUT2D eigenvalue weighted by Gasteiger charge is -2.34. The molecule has 1 heterocycles. The molecule has 124 valence electrons. The minimum Gasteiger partial charge on any atom is -0.376 e. The zero-order chi connectivity index (χ0) is 15.6. The van der Waals surface area contributed by atoms with E-state index in [1.54, 1.807) is 0 Å². The maximum atomic E-state index is 12.8. The summed E-state index contributed by atoms with van der Waals surface area (Å²) in [4.78, 5) is 14.9. The quantitative estimate of drug-likeness (QED) is 0.805. The molecule has 0 aromatic heterocycles. The van der Waals surface area contributed by atoms with Crippen LogP contribution >= 0.6 is 0 Å². The number of benzene rings is 1. The Labute approximate surface area is 139 Å². The van der Waals surface area contributed by atoms with Gasteiger partial charge in [-0.2, -0.15) is 0 Å². The number of ether oxygens (including phenoxy) is 1. The van der Waals surface area contributed by atoms with Gasteiger partial charge in [-0.25, -0.2) is 0 Å². The Balaban J connectivity index is 1.46. The van der Waals surface area contributed by atoms with Crippen LogP contribution in [0.15, 0.2) is 30.3 Å². The molecule has 3 fully saturated rings. The summed E-state index contributed by atoms with van der Waals surface area (Å²) in [6.45, 7) is 1.77. The van der Waals surface area contributed by atoms with Crippen molar-refractivity contribution in [3.05, 3.63) is 35.9 Å². The van der Waals surface area contributed by atoms with E-state index in [-0.39, 0.29) is 18.1 Å². The highest BCUT2D eigenvalue weighted by atomic mass is 16.5. The molecule has 3 heteroatoms. The maximum Gasteiger partial charge on any atom is 0.226 e. The Kier molecular flexibility index (Phi) is 4.39. The Bertz CT molecular complexity index is 536. The van der Waals surface area contributed by atoms with Crippen LogP contribution in [-0.4, -0.2) is 36.1 Å². The molecule has 2 atom stereocenters. The van der Waals surface area contributed by atoms with Crippen molar-refractivity contribution in [3.63, 3.8) is 0 Å². The predicted octanol–water partition coefficient (Wildman–Crippen LogP) is 3.43. The van der Waals surface area contributed by atoms with E-state index in [0.29, 0.717) is 5.91 Å². The highest BCUT2D eigenvalue weighted by Gasteiger charge is 2.41. The van der Waals surface area contributed by atoms with Gasteiger partial charge in [0.15, 0.2) is 0 Å². The van der Waals surface area contributed by atoms with Crippen LogP contribution in [0, 0.1) is 11.8 Å². The number of rotatable bonds is 6. The fourth-order valence-corrected chi connectivity index (χ4v) is 3.82. The third kappa shape index (κ3) is 3.45. The van der Waals surface area contributed by atoms with Crippen molar-refractivity contribution >= 4 is 5.91 Å². The summed E-state index contributed by atoms with van der Waals surface area (Å²) in [7, 11) is 0. The Morgan fingerprint density at radius 1 is 1.09 bits per heavy atom. The third-order valence-corrected chi connectivity index (χ3v) is 5.75. The minimum atomic E-state index is 0.222. The molecule has 23 heavy (non-hydrogen) atoms. The number of carbonyl (C=O) groups is 1. The van der Waals surface area contributed by atoms with Gasteiger partial charge in [-0.15, -0.1) is 0 Å². The van der Waals surface area contributed by atoms with Gasteiger partial charge < -0.3 is 9.64 Å². The van der Waals surface area contributed by atoms with Gasteiger partial charge in [-0.05, 0) is 50.0 Å². The van der Waals surface area contributed by atoms with Crippen molar-refractivity contribution in [1.29, 1.82) is 0 Å². The number of hydrogen-bond acceptors (Lipinski definition) is 2. The van der Waals surface area contributed by atoms with Crippen molar-refractivity contribution in [2.45, 2.75) is 57.1 Å². The molecule has 0 bridgehead atoms. The highest BCUT2D eigenvalue weighted by Crippen LogP contribution is 2.35. The summed E-state index contributed by atoms with van der Waals surface area (Å²) < 4.78 is 6.23. The minimum absolute atomic E-state index is 0.222. The molecule has 1 amide bonds. The monoisotopic (exact) mass is 313 g/mol. The van der Waals surface area contributed by atoms with Gasteiger partial charge >= 0.3 is 0 Å². The first-order chi connectivity index (χ1) is 11.3. The van der Waals surface area contributed by atoms with Crippen molar-refractivity contribution in [2.75, 3.05) is 13.2 Å². The van der Waals surface area contributed by atoms with E-state index in [1.165, 1.54) is 24.8 Å². The lowest BCUT2D eigenvalue weighted by atomic mass is 9.84. The molecule has 1 aromatic rings. The topological polar surface area (TPSA) is 29.5 Å². The first-order valence-electron chi connectivity index (χ1n) is 9.27. The van der Waals surface area contributed by atoms with Crippen LogP contribution in [-0.2, 0) is 16.0 Å². The second kappa shape index (κ2) is 6.64. The standard InChI is InChI=1S/C20H27NO2/c22-20(17-7-4-8-17)21-12-11-19(23-14-16-9-10-16)18(21)13-15-5-2-1-3-6-15/h1-3,5-6,16-19H,4,7-14H2/t18-,19+/m0/s1. The van der Waals surface area contributed by atoms with E-state index in [1.807, 2.05) is 0 Å². The molecule has 1 saturated heterocycles. The van der Waals surface area contributed by atoms with Gasteiger partial charge in [0, 0.05) is 19.1 Å². The SMILES string of the molecule is O=C(C1CCC1)N1CC[C@@H](OCC2CC2)[C@@H]1Cc1ccccc1. The summed E-state index contributed by atoms with van der Waals surface area (Å²) >= 11 is 0. The van der Waals surface area contributed by atoms with Crippen molar-refractivity contribution in [2.24, 2.45) is 11.8 Å². The first kappa shape index (κ1) is 15.2. The van der Waals surface area contributed by atoms with Crippen molar-refractivity contribution < 1.29 is 9.53 Å². The van der Waals surface area contributed by atoms with Crippen LogP contribution < -0.4 is 0 Å². The first-order valence-corrected chi connectivity index (χ1v) is 9.27. The number of carbonyl (C=O) groups excluding carboxylic acids is 1. The van der Waals surface area contributed by atoms with Gasteiger partial charge in [-0.1, -0.05) is 36.8 Å². The molecule has 3 aliphatic rings. The van der Waals surface area contributed by atoms with Gasteiger partial charge in [0.1, 0.15) is 0 Å². The highest BCUT2D eigenvalue weighted by molar-refractivity contribution is 5.80. The molecule has 1 aromatic carbocycles. The summed E-state index contributed by atoms with van der Waals surface area (Å²) in [5.41, 5.74) is 1.31. The molecule has 0 N–H and O–H groups in total. The zero-order valence-corrected chi connectivity index (χ0v) is 13.8. The van der Waals surface area contributed by atoms with Gasteiger partial charge in [0.25, 0.3) is 0 Å². The lowest BCUT2D eigenvalue weighted by molar-refractivity contribution is -0.140. The molecule has 1 aliphatic heterocycles. The fraction of sp³-hybridized carbons (Fsp3) is 0.650. The average molecular weight is 313 g/mol. The fourth-order valence-electron chi connectivity index (χ4n) is 3.82. The summed E-state index contributed by atoms with van der Waals surface area (Å²) in [5.74, 6) is 1.45. The van der Waals surface area contributed by atoms with E-state index in [9.17, 15) is 4.79 Å². The van der Waals surface area contributed by atoms with E-state index < -0.39 is 0 Å². The lowest BCUT2D eigenvalue weighted by Crippen LogP contribution is -2.46. The van der Waals surface area contributed by atoms with Crippen LogP contribution in [0.25, 0.3) is 0 Å². The zero-order valence-electron chi connectivity index (χ0n) is 13.8. The normalized spacial score (nSPS) is 27.9. The van der Waals surface area contributed by atoms with Gasteiger partial charge in [0.2, 0.25) is 5.91 Å². The Morgan fingerprint density at radius 2 is 1.87 bits per heavy atom. The summed E-state index contributed by atoms with van der Waals surface area (Å²) in [6.07, 6.45) is 8.18. The molecular weight excluding hydrogens is 286 g/mol. The molecule has 4 rings (SSSR count). The van der Waals surface area contributed by atoms with Crippen LogP contribution in [0.1, 0.15) is 44.1 Å². The van der Waals surface area contributed by atoms with Crippen molar-refractivity contribution in [1.82, 2.24) is 4.90 Å². The van der Waals surface area contributed by atoms with E-state index in [4.69, 9.17) is 4.74 Å². The third-order valence-electron chi connectivity index (χ3n) is 5.75. The molecule has 0 unspecified atom stereocenters. The van der Waals surface area contributed by atoms with Crippen LogP contribution in [0.4, 0.5) is 0 Å². The van der Waals surface area contributed by atoms with Crippen LogP contribution in [0.5, 0.6) is 0 Å². The largest absolute Gasteiger partial charge is 0.376 e. The summed E-state index contributed by atoms with van der Waals surface area (Å²) in [5, 5.41) is 0. The summed E-state index contributed by atoms with van der Waals surface area (Å²) in [6, 6.07) is 10.8. The van der Waals surface area contributed by atoms with Gasteiger partial charge in [-0.3, -0.25) is 4.79 Å². The van der Waals surface area contributed by atoms with E-state index in [0.717, 1.165) is 44.8 Å². The predicted molar refractivity (Wildman–Crippen MR) is 90.1 cm³/mol. The van der Waals surface area contributed by atoms with Crippen LogP contribution in [0.3, 0.4) is 0 Å². The molecular formula is C20H27NO2. The average Bonchev–Trinajstić information content (AvgIpc) is 3.26. The molecule has 0 spiro atoms. The Hall–Kier alpha value is -1.35. The van der Waals surface area contributed by atoms with Crippen molar-refractivity contribution in [3.8, 4) is 0 Å². The molecule has 3 nitrogen and oxygen atoms in total. The number of likely N-dealkylation sites (tertiary alicyclic amines) is 1. The number of amides is 1. The van der Waals surface area contributed by atoms with E-state index >= 15 is 0 Å². The molecule has 0 radical (unpaired) electrons. The molecule has 2 saturated carbocycles.